The number of rotatable bonds is 9. The van der Waals surface area contributed by atoms with Crippen LogP contribution in [0.2, 0.25) is 0 Å². The quantitative estimate of drug-likeness (QED) is 0.471. The largest absolute Gasteiger partial charge is 0.492 e. The van der Waals surface area contributed by atoms with E-state index in [0.717, 1.165) is 18.4 Å². The van der Waals surface area contributed by atoms with Crippen molar-refractivity contribution in [2.75, 3.05) is 25.0 Å². The first-order chi connectivity index (χ1) is 16.5. The van der Waals surface area contributed by atoms with Gasteiger partial charge in [0, 0.05) is 24.9 Å². The van der Waals surface area contributed by atoms with Crippen molar-refractivity contribution in [2.24, 2.45) is 0 Å². The molecule has 4 rings (SSSR count). The highest BCUT2D eigenvalue weighted by molar-refractivity contribution is 7.89. The van der Waals surface area contributed by atoms with Gasteiger partial charge in [0.05, 0.1) is 19.3 Å². The number of carbonyl (C=O) groups excluding carboxylic acids is 1. The fourth-order valence-electron chi connectivity index (χ4n) is 3.71. The Balaban J connectivity index is 1.45. The molecular formula is C24H27N5O4S. The summed E-state index contributed by atoms with van der Waals surface area (Å²) in [6.45, 7) is 3.68. The molecule has 9 nitrogen and oxygen atoms in total. The number of ether oxygens (including phenoxy) is 1. The summed E-state index contributed by atoms with van der Waals surface area (Å²) in [6, 6.07) is 14.5. The standard InChI is InChI=1S/C24H27N5O4S/c1-2-33-22-12-10-20(16-23(22)34(31,32)29-14-6-7-15-29)25-24(30)13-11-21-18-28(27-26-21)17-19-8-4-3-5-9-19/h3-5,8-13,16,18H,2,6-7,14-15,17H2,1H3,(H,25,30)/b13-11+. The van der Waals surface area contributed by atoms with Gasteiger partial charge in [-0.25, -0.2) is 13.1 Å². The molecule has 2 aromatic carbocycles. The zero-order valence-electron chi connectivity index (χ0n) is 18.9. The molecule has 0 aliphatic carbocycles. The lowest BCUT2D eigenvalue weighted by Crippen LogP contribution is -2.28. The molecule has 0 bridgehead atoms. The van der Waals surface area contributed by atoms with Gasteiger partial charge in [-0.3, -0.25) is 4.79 Å². The van der Waals surface area contributed by atoms with Crippen molar-refractivity contribution in [3.8, 4) is 5.75 Å². The first-order valence-electron chi connectivity index (χ1n) is 11.2. The molecule has 1 amide bonds. The van der Waals surface area contributed by atoms with Crippen LogP contribution in [-0.4, -0.2) is 53.3 Å². The zero-order chi connectivity index (χ0) is 24.0. The summed E-state index contributed by atoms with van der Waals surface area (Å²) in [5, 5.41) is 10.8. The summed E-state index contributed by atoms with van der Waals surface area (Å²) in [5.74, 6) is -0.135. The Labute approximate surface area is 199 Å². The first-order valence-corrected chi connectivity index (χ1v) is 12.6. The molecule has 0 saturated carbocycles. The van der Waals surface area contributed by atoms with Crippen LogP contribution in [0.3, 0.4) is 0 Å². The molecule has 178 valence electrons. The summed E-state index contributed by atoms with van der Waals surface area (Å²) in [6.07, 6.45) is 6.30. The minimum Gasteiger partial charge on any atom is -0.492 e. The van der Waals surface area contributed by atoms with Gasteiger partial charge in [-0.05, 0) is 49.6 Å². The molecule has 10 heteroatoms. The van der Waals surface area contributed by atoms with Crippen LogP contribution in [0.5, 0.6) is 5.75 Å². The van der Waals surface area contributed by atoms with E-state index in [0.29, 0.717) is 37.6 Å². The number of benzene rings is 2. The molecule has 1 aliphatic rings. The van der Waals surface area contributed by atoms with Crippen molar-refractivity contribution in [3.63, 3.8) is 0 Å². The molecule has 1 fully saturated rings. The normalized spacial score (nSPS) is 14.5. The molecule has 0 unspecified atom stereocenters. The Morgan fingerprint density at radius 3 is 2.65 bits per heavy atom. The molecule has 0 atom stereocenters. The Hall–Kier alpha value is -3.50. The Morgan fingerprint density at radius 1 is 1.15 bits per heavy atom. The van der Waals surface area contributed by atoms with E-state index in [9.17, 15) is 13.2 Å². The Bertz CT molecular complexity index is 1270. The third kappa shape index (κ3) is 5.70. The van der Waals surface area contributed by atoms with Crippen molar-refractivity contribution in [1.29, 1.82) is 0 Å². The number of carbonyl (C=O) groups is 1. The van der Waals surface area contributed by atoms with E-state index in [1.54, 1.807) is 36.0 Å². The minimum absolute atomic E-state index is 0.0573. The average molecular weight is 482 g/mol. The number of nitrogens with zero attached hydrogens (tertiary/aromatic N) is 4. The van der Waals surface area contributed by atoms with Crippen LogP contribution in [0.1, 0.15) is 31.0 Å². The molecule has 1 aliphatic heterocycles. The fourth-order valence-corrected chi connectivity index (χ4v) is 5.39. The number of hydrogen-bond donors (Lipinski definition) is 1. The second kappa shape index (κ2) is 10.6. The molecule has 0 radical (unpaired) electrons. The zero-order valence-corrected chi connectivity index (χ0v) is 19.7. The summed E-state index contributed by atoms with van der Waals surface area (Å²) in [4.78, 5) is 12.5. The maximum absolute atomic E-state index is 13.1. The maximum Gasteiger partial charge on any atom is 0.248 e. The molecule has 1 N–H and O–H groups in total. The van der Waals surface area contributed by atoms with E-state index in [1.165, 1.54) is 16.4 Å². The summed E-state index contributed by atoms with van der Waals surface area (Å²) in [5.41, 5.74) is 1.99. The fraction of sp³-hybridized carbons (Fsp3) is 0.292. The van der Waals surface area contributed by atoms with Gasteiger partial charge in [-0.1, -0.05) is 35.5 Å². The molecule has 34 heavy (non-hydrogen) atoms. The van der Waals surface area contributed by atoms with Crippen molar-refractivity contribution in [3.05, 3.63) is 72.1 Å². The summed E-state index contributed by atoms with van der Waals surface area (Å²) in [7, 11) is -3.71. The van der Waals surface area contributed by atoms with E-state index in [-0.39, 0.29) is 10.6 Å². The van der Waals surface area contributed by atoms with Crippen LogP contribution in [0.4, 0.5) is 5.69 Å². The number of hydrogen-bond acceptors (Lipinski definition) is 6. The van der Waals surface area contributed by atoms with Gasteiger partial charge in [0.15, 0.2) is 0 Å². The van der Waals surface area contributed by atoms with Gasteiger partial charge in [-0.15, -0.1) is 5.10 Å². The average Bonchev–Trinajstić information content (AvgIpc) is 3.52. The van der Waals surface area contributed by atoms with Crippen LogP contribution < -0.4 is 10.1 Å². The number of anilines is 1. The third-order valence-corrected chi connectivity index (χ3v) is 7.26. The Kier molecular flexibility index (Phi) is 7.39. The number of amides is 1. The Morgan fingerprint density at radius 2 is 1.91 bits per heavy atom. The van der Waals surface area contributed by atoms with Crippen molar-refractivity contribution in [2.45, 2.75) is 31.2 Å². The van der Waals surface area contributed by atoms with Gasteiger partial charge in [0.2, 0.25) is 15.9 Å². The summed E-state index contributed by atoms with van der Waals surface area (Å²) < 4.78 is 34.9. The van der Waals surface area contributed by atoms with Crippen molar-refractivity contribution in [1.82, 2.24) is 19.3 Å². The number of nitrogens with one attached hydrogen (secondary N) is 1. The van der Waals surface area contributed by atoms with Crippen LogP contribution in [0.25, 0.3) is 6.08 Å². The maximum atomic E-state index is 13.1. The van der Waals surface area contributed by atoms with Crippen LogP contribution in [0.15, 0.2) is 65.7 Å². The van der Waals surface area contributed by atoms with Crippen LogP contribution in [-0.2, 0) is 21.4 Å². The number of aromatic nitrogens is 3. The second-order valence-corrected chi connectivity index (χ2v) is 9.76. The van der Waals surface area contributed by atoms with E-state index in [4.69, 9.17) is 4.74 Å². The third-order valence-electron chi connectivity index (χ3n) is 5.34. The molecular weight excluding hydrogens is 454 g/mol. The van der Waals surface area contributed by atoms with E-state index in [1.807, 2.05) is 30.3 Å². The molecule has 1 saturated heterocycles. The van der Waals surface area contributed by atoms with E-state index < -0.39 is 15.9 Å². The predicted molar refractivity (Wildman–Crippen MR) is 129 cm³/mol. The smallest absolute Gasteiger partial charge is 0.248 e. The van der Waals surface area contributed by atoms with Gasteiger partial charge in [0.25, 0.3) is 0 Å². The lowest BCUT2D eigenvalue weighted by molar-refractivity contribution is -0.111. The highest BCUT2D eigenvalue weighted by Crippen LogP contribution is 2.31. The summed E-state index contributed by atoms with van der Waals surface area (Å²) >= 11 is 0. The molecule has 1 aromatic heterocycles. The predicted octanol–water partition coefficient (Wildman–Crippen LogP) is 3.16. The lowest BCUT2D eigenvalue weighted by atomic mass is 10.2. The van der Waals surface area contributed by atoms with Gasteiger partial charge < -0.3 is 10.1 Å². The van der Waals surface area contributed by atoms with E-state index >= 15 is 0 Å². The molecule has 2 heterocycles. The molecule has 3 aromatic rings. The second-order valence-electron chi connectivity index (χ2n) is 7.85. The lowest BCUT2D eigenvalue weighted by Gasteiger charge is -2.19. The SMILES string of the molecule is CCOc1ccc(NC(=O)/C=C/c2cn(Cc3ccccc3)nn2)cc1S(=O)(=O)N1CCCC1. The van der Waals surface area contributed by atoms with Crippen molar-refractivity contribution < 1.29 is 17.9 Å². The monoisotopic (exact) mass is 481 g/mol. The van der Waals surface area contributed by atoms with Crippen LogP contribution in [0, 0.1) is 0 Å². The van der Waals surface area contributed by atoms with Gasteiger partial charge in [0.1, 0.15) is 16.3 Å². The van der Waals surface area contributed by atoms with Gasteiger partial charge >= 0.3 is 0 Å². The van der Waals surface area contributed by atoms with Gasteiger partial charge in [-0.2, -0.15) is 4.31 Å². The molecule has 0 spiro atoms. The van der Waals surface area contributed by atoms with Crippen LogP contribution >= 0.6 is 0 Å². The van der Waals surface area contributed by atoms with Crippen molar-refractivity contribution >= 4 is 27.7 Å². The first kappa shape index (κ1) is 23.7. The highest BCUT2D eigenvalue weighted by Gasteiger charge is 2.30. The van der Waals surface area contributed by atoms with E-state index in [2.05, 4.69) is 15.6 Å². The number of sulfonamides is 1. The topological polar surface area (TPSA) is 106 Å². The minimum atomic E-state index is -3.71. The highest BCUT2D eigenvalue weighted by atomic mass is 32.2.